The number of rotatable bonds is 7. The Morgan fingerprint density at radius 2 is 1.83 bits per heavy atom. The van der Waals surface area contributed by atoms with Crippen molar-refractivity contribution in [3.63, 3.8) is 0 Å². The van der Waals surface area contributed by atoms with Crippen molar-refractivity contribution >= 4 is 5.91 Å². The van der Waals surface area contributed by atoms with Crippen LogP contribution in [0.3, 0.4) is 0 Å². The largest absolute Gasteiger partial charge is 0.497 e. The van der Waals surface area contributed by atoms with E-state index in [0.717, 1.165) is 11.3 Å². The van der Waals surface area contributed by atoms with E-state index in [4.69, 9.17) is 9.47 Å². The Kier molecular flexibility index (Phi) is 6.18. The first kappa shape index (κ1) is 17.8. The molecule has 5 heteroatoms. The highest BCUT2D eigenvalue weighted by molar-refractivity contribution is 5.81. The molecule has 1 atom stereocenters. The highest BCUT2D eigenvalue weighted by Crippen LogP contribution is 2.19. The molecule has 0 aliphatic heterocycles. The van der Waals surface area contributed by atoms with E-state index in [0.29, 0.717) is 13.0 Å². The summed E-state index contributed by atoms with van der Waals surface area (Å²) in [6.07, 6.45) is -0.259. The maximum absolute atomic E-state index is 13.7. The molecule has 2 aromatic rings. The average molecular weight is 331 g/mol. The van der Waals surface area contributed by atoms with Gasteiger partial charge in [0.2, 0.25) is 0 Å². The summed E-state index contributed by atoms with van der Waals surface area (Å²) in [6.45, 7) is 2.28. The van der Waals surface area contributed by atoms with E-state index in [9.17, 15) is 9.18 Å². The molecule has 0 fully saturated rings. The monoisotopic (exact) mass is 331 g/mol. The molecular weight excluding hydrogens is 309 g/mol. The van der Waals surface area contributed by atoms with Gasteiger partial charge >= 0.3 is 0 Å². The van der Waals surface area contributed by atoms with Crippen molar-refractivity contribution in [3.8, 4) is 11.5 Å². The highest BCUT2D eigenvalue weighted by Gasteiger charge is 2.23. The number of methoxy groups -OCH3 is 1. The first-order chi connectivity index (χ1) is 11.5. The molecule has 0 heterocycles. The standard InChI is InChI=1S/C19H22FNO3/c1-4-17(24-18-8-6-5-7-16(18)20)19(22)21(2)13-14-9-11-15(23-3)12-10-14/h5-12,17H,4,13H2,1-3H3. The van der Waals surface area contributed by atoms with Crippen LogP contribution in [0.4, 0.5) is 4.39 Å². The highest BCUT2D eigenvalue weighted by atomic mass is 19.1. The second-order valence-corrected chi connectivity index (χ2v) is 5.49. The molecule has 0 N–H and O–H groups in total. The topological polar surface area (TPSA) is 38.8 Å². The van der Waals surface area contributed by atoms with Gasteiger partial charge in [-0.2, -0.15) is 0 Å². The number of likely N-dealkylation sites (N-methyl/N-ethyl adjacent to an activating group) is 1. The van der Waals surface area contributed by atoms with Crippen LogP contribution in [0, 0.1) is 5.82 Å². The number of carbonyl (C=O) groups excluding carboxylic acids is 1. The van der Waals surface area contributed by atoms with Crippen molar-refractivity contribution in [2.24, 2.45) is 0 Å². The third kappa shape index (κ3) is 4.47. The zero-order chi connectivity index (χ0) is 17.5. The summed E-state index contributed by atoms with van der Waals surface area (Å²) in [5, 5.41) is 0. The molecular formula is C19H22FNO3. The predicted octanol–water partition coefficient (Wildman–Crippen LogP) is 3.65. The van der Waals surface area contributed by atoms with Crippen LogP contribution in [0.2, 0.25) is 0 Å². The number of hydrogen-bond acceptors (Lipinski definition) is 3. The Hall–Kier alpha value is -2.56. The van der Waals surface area contributed by atoms with Crippen LogP contribution >= 0.6 is 0 Å². The maximum atomic E-state index is 13.7. The van der Waals surface area contributed by atoms with Gasteiger partial charge in [-0.15, -0.1) is 0 Å². The van der Waals surface area contributed by atoms with E-state index in [1.165, 1.54) is 12.1 Å². The van der Waals surface area contributed by atoms with Crippen molar-refractivity contribution < 1.29 is 18.7 Å². The number of amides is 1. The van der Waals surface area contributed by atoms with Gasteiger partial charge in [0, 0.05) is 13.6 Å². The number of halogens is 1. The van der Waals surface area contributed by atoms with E-state index in [2.05, 4.69) is 0 Å². The fourth-order valence-electron chi connectivity index (χ4n) is 2.33. The van der Waals surface area contributed by atoms with Gasteiger partial charge in [-0.1, -0.05) is 31.2 Å². The van der Waals surface area contributed by atoms with E-state index < -0.39 is 11.9 Å². The lowest BCUT2D eigenvalue weighted by Crippen LogP contribution is -2.39. The summed E-state index contributed by atoms with van der Waals surface area (Å²) >= 11 is 0. The lowest BCUT2D eigenvalue weighted by atomic mass is 10.2. The van der Waals surface area contributed by atoms with Gasteiger partial charge in [0.1, 0.15) is 5.75 Å². The molecule has 0 aromatic heterocycles. The number of hydrogen-bond donors (Lipinski definition) is 0. The van der Waals surface area contributed by atoms with Crippen LogP contribution in [0.25, 0.3) is 0 Å². The minimum atomic E-state index is -0.717. The molecule has 4 nitrogen and oxygen atoms in total. The summed E-state index contributed by atoms with van der Waals surface area (Å²) < 4.78 is 24.4. The Balaban J connectivity index is 2.02. The average Bonchev–Trinajstić information content (AvgIpc) is 2.61. The molecule has 0 saturated carbocycles. The first-order valence-corrected chi connectivity index (χ1v) is 7.84. The van der Waals surface area contributed by atoms with Crippen LogP contribution in [-0.4, -0.2) is 31.1 Å². The van der Waals surface area contributed by atoms with E-state index in [-0.39, 0.29) is 11.7 Å². The summed E-state index contributed by atoms with van der Waals surface area (Å²) in [5.41, 5.74) is 0.979. The number of ether oxygens (including phenoxy) is 2. The molecule has 0 saturated heterocycles. The predicted molar refractivity (Wildman–Crippen MR) is 90.6 cm³/mol. The smallest absolute Gasteiger partial charge is 0.263 e. The van der Waals surface area contributed by atoms with Crippen LogP contribution < -0.4 is 9.47 Å². The van der Waals surface area contributed by atoms with Crippen molar-refractivity contribution in [1.29, 1.82) is 0 Å². The lowest BCUT2D eigenvalue weighted by molar-refractivity contribution is -0.138. The summed E-state index contributed by atoms with van der Waals surface area (Å²) in [5.74, 6) is 0.204. The Morgan fingerprint density at radius 3 is 2.42 bits per heavy atom. The van der Waals surface area contributed by atoms with Crippen LogP contribution in [-0.2, 0) is 11.3 Å². The molecule has 0 spiro atoms. The molecule has 24 heavy (non-hydrogen) atoms. The van der Waals surface area contributed by atoms with Gasteiger partial charge < -0.3 is 14.4 Å². The Morgan fingerprint density at radius 1 is 1.17 bits per heavy atom. The number of para-hydroxylation sites is 1. The van der Waals surface area contributed by atoms with Crippen LogP contribution in [0.15, 0.2) is 48.5 Å². The van der Waals surface area contributed by atoms with E-state index in [1.54, 1.807) is 31.2 Å². The third-order valence-corrected chi connectivity index (χ3v) is 3.71. The van der Waals surface area contributed by atoms with Crippen molar-refractivity contribution in [2.75, 3.05) is 14.2 Å². The van der Waals surface area contributed by atoms with Gasteiger partial charge in [0.15, 0.2) is 17.7 Å². The molecule has 2 aromatic carbocycles. The van der Waals surface area contributed by atoms with E-state index >= 15 is 0 Å². The third-order valence-electron chi connectivity index (χ3n) is 3.71. The molecule has 1 unspecified atom stereocenters. The van der Waals surface area contributed by atoms with Crippen LogP contribution in [0.5, 0.6) is 11.5 Å². The molecule has 0 aliphatic rings. The van der Waals surface area contributed by atoms with Gasteiger partial charge in [-0.3, -0.25) is 4.79 Å². The molecule has 2 rings (SSSR count). The lowest BCUT2D eigenvalue weighted by Gasteiger charge is -2.24. The maximum Gasteiger partial charge on any atom is 0.263 e. The number of nitrogens with zero attached hydrogens (tertiary/aromatic N) is 1. The SMILES string of the molecule is CCC(Oc1ccccc1F)C(=O)N(C)Cc1ccc(OC)cc1. The van der Waals surface area contributed by atoms with Crippen molar-refractivity contribution in [1.82, 2.24) is 4.90 Å². The first-order valence-electron chi connectivity index (χ1n) is 7.84. The molecule has 0 bridgehead atoms. The summed E-state index contributed by atoms with van der Waals surface area (Å²) in [4.78, 5) is 14.2. The molecule has 0 radical (unpaired) electrons. The summed E-state index contributed by atoms with van der Waals surface area (Å²) in [6, 6.07) is 13.6. The molecule has 128 valence electrons. The van der Waals surface area contributed by atoms with Gasteiger partial charge in [-0.25, -0.2) is 4.39 Å². The zero-order valence-corrected chi connectivity index (χ0v) is 14.2. The van der Waals surface area contributed by atoms with Crippen LogP contribution in [0.1, 0.15) is 18.9 Å². The second kappa shape index (κ2) is 8.34. The molecule has 0 aliphatic carbocycles. The minimum Gasteiger partial charge on any atom is -0.497 e. The van der Waals surface area contributed by atoms with E-state index in [1.807, 2.05) is 31.2 Å². The quantitative estimate of drug-likeness (QED) is 0.777. The fraction of sp³-hybridized carbons (Fsp3) is 0.316. The van der Waals surface area contributed by atoms with Crippen molar-refractivity contribution in [3.05, 3.63) is 59.9 Å². The van der Waals surface area contributed by atoms with Gasteiger partial charge in [0.05, 0.1) is 7.11 Å². The number of carbonyl (C=O) groups is 1. The minimum absolute atomic E-state index is 0.0931. The van der Waals surface area contributed by atoms with Crippen molar-refractivity contribution in [2.45, 2.75) is 26.0 Å². The summed E-state index contributed by atoms with van der Waals surface area (Å²) in [7, 11) is 3.32. The fourth-order valence-corrected chi connectivity index (χ4v) is 2.33. The Bertz CT molecular complexity index is 673. The second-order valence-electron chi connectivity index (χ2n) is 5.49. The molecule has 1 amide bonds. The zero-order valence-electron chi connectivity index (χ0n) is 14.2. The van der Waals surface area contributed by atoms with Gasteiger partial charge in [-0.05, 0) is 36.2 Å². The van der Waals surface area contributed by atoms with Gasteiger partial charge in [0.25, 0.3) is 5.91 Å². The number of benzene rings is 2. The Labute approximate surface area is 141 Å². The normalized spacial score (nSPS) is 11.7.